The van der Waals surface area contributed by atoms with Crippen LogP contribution in [-0.2, 0) is 4.74 Å². The maximum absolute atomic E-state index is 11.7. The van der Waals surface area contributed by atoms with Gasteiger partial charge in [0.05, 0.1) is 15.3 Å². The van der Waals surface area contributed by atoms with Crippen LogP contribution in [0.3, 0.4) is 0 Å². The van der Waals surface area contributed by atoms with Crippen LogP contribution in [0.15, 0.2) is 12.1 Å². The van der Waals surface area contributed by atoms with Crippen LogP contribution < -0.4 is 0 Å². The van der Waals surface area contributed by atoms with Crippen LogP contribution in [0.4, 0.5) is 0 Å². The number of ketones is 1. The largest absolute Gasteiger partial charge is 0.370 e. The Bertz CT molecular complexity index is 356. The summed E-state index contributed by atoms with van der Waals surface area (Å²) in [5, 5.41) is 0. The summed E-state index contributed by atoms with van der Waals surface area (Å²) < 4.78 is 6.28. The van der Waals surface area contributed by atoms with Crippen LogP contribution in [-0.4, -0.2) is 18.5 Å². The quantitative estimate of drug-likeness (QED) is 0.765. The van der Waals surface area contributed by atoms with Gasteiger partial charge in [0.15, 0.2) is 5.78 Å². The summed E-state index contributed by atoms with van der Waals surface area (Å²) in [6.07, 6.45) is 6.23. The van der Waals surface area contributed by atoms with Crippen molar-refractivity contribution in [1.29, 1.82) is 0 Å². The highest BCUT2D eigenvalue weighted by molar-refractivity contribution is 7.18. The van der Waals surface area contributed by atoms with Gasteiger partial charge in [-0.2, -0.15) is 0 Å². The molecule has 1 heterocycles. The average molecular weight is 259 g/mol. The van der Waals surface area contributed by atoms with Crippen molar-refractivity contribution in [2.24, 2.45) is 0 Å². The minimum Gasteiger partial charge on any atom is -0.370 e. The first-order valence-corrected chi connectivity index (χ1v) is 6.85. The van der Waals surface area contributed by atoms with Gasteiger partial charge in [-0.3, -0.25) is 4.79 Å². The topological polar surface area (TPSA) is 26.3 Å². The molecule has 0 saturated heterocycles. The molecule has 0 unspecified atom stereocenters. The third kappa shape index (κ3) is 3.30. The lowest BCUT2D eigenvalue weighted by Gasteiger charge is -2.21. The first kappa shape index (κ1) is 12.1. The van der Waals surface area contributed by atoms with E-state index in [1.807, 2.05) is 0 Å². The average Bonchev–Trinajstić information content (AvgIpc) is 2.74. The molecule has 1 aliphatic rings. The molecule has 0 aliphatic heterocycles. The second-order valence-corrected chi connectivity index (χ2v) is 5.81. The molecule has 88 valence electrons. The maximum atomic E-state index is 11.7. The molecule has 1 fully saturated rings. The number of ether oxygens (including phenoxy) is 1. The van der Waals surface area contributed by atoms with Gasteiger partial charge in [-0.25, -0.2) is 0 Å². The molecule has 0 atom stereocenters. The lowest BCUT2D eigenvalue weighted by Crippen LogP contribution is -2.20. The van der Waals surface area contributed by atoms with Crippen LogP contribution in [0.5, 0.6) is 0 Å². The Morgan fingerprint density at radius 2 is 2.12 bits per heavy atom. The van der Waals surface area contributed by atoms with Crippen molar-refractivity contribution < 1.29 is 9.53 Å². The van der Waals surface area contributed by atoms with Gasteiger partial charge < -0.3 is 4.74 Å². The van der Waals surface area contributed by atoms with E-state index in [2.05, 4.69) is 0 Å². The monoisotopic (exact) mass is 258 g/mol. The Labute approximate surface area is 105 Å². The highest BCUT2D eigenvalue weighted by atomic mass is 35.5. The van der Waals surface area contributed by atoms with E-state index in [0.717, 1.165) is 12.8 Å². The molecule has 1 aromatic rings. The normalized spacial score (nSPS) is 17.6. The van der Waals surface area contributed by atoms with E-state index in [4.69, 9.17) is 16.3 Å². The van der Waals surface area contributed by atoms with Crippen molar-refractivity contribution in [1.82, 2.24) is 0 Å². The molecule has 0 N–H and O–H groups in total. The SMILES string of the molecule is O=C(COC1CCCCC1)c1ccc(Cl)s1. The van der Waals surface area contributed by atoms with Gasteiger partial charge in [0.2, 0.25) is 0 Å². The molecule has 2 nitrogen and oxygen atoms in total. The zero-order valence-corrected chi connectivity index (χ0v) is 10.6. The maximum Gasteiger partial charge on any atom is 0.198 e. The fraction of sp³-hybridized carbons (Fsp3) is 0.583. The highest BCUT2D eigenvalue weighted by Crippen LogP contribution is 2.23. The van der Waals surface area contributed by atoms with Crippen LogP contribution in [0, 0.1) is 0 Å². The van der Waals surface area contributed by atoms with E-state index < -0.39 is 0 Å². The van der Waals surface area contributed by atoms with Gasteiger partial charge in [-0.1, -0.05) is 30.9 Å². The summed E-state index contributed by atoms with van der Waals surface area (Å²) in [6, 6.07) is 3.51. The second-order valence-electron chi connectivity index (χ2n) is 4.10. The van der Waals surface area contributed by atoms with Crippen molar-refractivity contribution in [2.75, 3.05) is 6.61 Å². The number of carbonyl (C=O) groups excluding carboxylic acids is 1. The molecule has 1 aliphatic carbocycles. The first-order valence-electron chi connectivity index (χ1n) is 5.66. The van der Waals surface area contributed by atoms with Gasteiger partial charge in [-0.05, 0) is 25.0 Å². The summed E-state index contributed by atoms with van der Waals surface area (Å²) in [6.45, 7) is 0.196. The van der Waals surface area contributed by atoms with Crippen molar-refractivity contribution in [3.63, 3.8) is 0 Å². The number of hydrogen-bond donors (Lipinski definition) is 0. The van der Waals surface area contributed by atoms with Gasteiger partial charge in [0.25, 0.3) is 0 Å². The molecule has 0 amide bonds. The number of carbonyl (C=O) groups is 1. The van der Waals surface area contributed by atoms with Crippen LogP contribution in [0.1, 0.15) is 41.8 Å². The summed E-state index contributed by atoms with van der Waals surface area (Å²) in [7, 11) is 0. The summed E-state index contributed by atoms with van der Waals surface area (Å²) in [4.78, 5) is 12.4. The predicted octanol–water partition coefficient (Wildman–Crippen LogP) is 3.93. The number of rotatable bonds is 4. The first-order chi connectivity index (χ1) is 7.75. The molecule has 4 heteroatoms. The molecule has 2 rings (SSSR count). The van der Waals surface area contributed by atoms with E-state index in [1.54, 1.807) is 12.1 Å². The van der Waals surface area contributed by atoms with E-state index >= 15 is 0 Å². The minimum absolute atomic E-state index is 0.0440. The smallest absolute Gasteiger partial charge is 0.198 e. The van der Waals surface area contributed by atoms with Crippen molar-refractivity contribution >= 4 is 28.7 Å². The molecular formula is C12H15ClO2S. The molecule has 1 saturated carbocycles. The summed E-state index contributed by atoms with van der Waals surface area (Å²) in [5.41, 5.74) is 0. The van der Waals surface area contributed by atoms with Crippen LogP contribution >= 0.6 is 22.9 Å². The van der Waals surface area contributed by atoms with E-state index in [1.165, 1.54) is 30.6 Å². The van der Waals surface area contributed by atoms with Gasteiger partial charge in [-0.15, -0.1) is 11.3 Å². The molecule has 1 aromatic heterocycles. The van der Waals surface area contributed by atoms with Gasteiger partial charge in [0.1, 0.15) is 6.61 Å². The fourth-order valence-electron chi connectivity index (χ4n) is 1.96. The van der Waals surface area contributed by atoms with Gasteiger partial charge in [0, 0.05) is 0 Å². The van der Waals surface area contributed by atoms with E-state index in [-0.39, 0.29) is 18.5 Å². The predicted molar refractivity (Wildman–Crippen MR) is 66.5 cm³/mol. The number of Topliss-reactive ketones (excluding diaryl/α,β-unsaturated/α-hetero) is 1. The number of thiophene rings is 1. The Hall–Kier alpha value is -0.380. The molecular weight excluding hydrogens is 244 g/mol. The standard InChI is InChI=1S/C12H15ClO2S/c13-12-7-6-11(16-12)10(14)8-15-9-4-2-1-3-5-9/h6-7,9H,1-5,8H2. The van der Waals surface area contributed by atoms with Crippen LogP contribution in [0.2, 0.25) is 4.34 Å². The van der Waals surface area contributed by atoms with Gasteiger partial charge >= 0.3 is 0 Å². The van der Waals surface area contributed by atoms with Crippen LogP contribution in [0.25, 0.3) is 0 Å². The fourth-order valence-corrected chi connectivity index (χ4v) is 2.93. The van der Waals surface area contributed by atoms with Crippen molar-refractivity contribution in [2.45, 2.75) is 38.2 Å². The van der Waals surface area contributed by atoms with E-state index in [9.17, 15) is 4.79 Å². The lowest BCUT2D eigenvalue weighted by molar-refractivity contribution is 0.0286. The number of hydrogen-bond acceptors (Lipinski definition) is 3. The Balaban J connectivity index is 1.79. The second kappa shape index (κ2) is 5.80. The number of halogens is 1. The molecule has 0 bridgehead atoms. The lowest BCUT2D eigenvalue weighted by atomic mass is 9.98. The Kier molecular flexibility index (Phi) is 4.38. The Morgan fingerprint density at radius 3 is 2.75 bits per heavy atom. The summed E-state index contributed by atoms with van der Waals surface area (Å²) in [5.74, 6) is 0.0440. The minimum atomic E-state index is 0.0440. The molecule has 16 heavy (non-hydrogen) atoms. The van der Waals surface area contributed by atoms with Crippen molar-refractivity contribution in [3.8, 4) is 0 Å². The Morgan fingerprint density at radius 1 is 1.38 bits per heavy atom. The molecule has 0 aromatic carbocycles. The van der Waals surface area contributed by atoms with Crippen molar-refractivity contribution in [3.05, 3.63) is 21.3 Å². The summed E-state index contributed by atoms with van der Waals surface area (Å²) >= 11 is 7.10. The van der Waals surface area contributed by atoms with E-state index in [0.29, 0.717) is 9.21 Å². The molecule has 0 spiro atoms. The zero-order chi connectivity index (χ0) is 11.4. The highest BCUT2D eigenvalue weighted by Gasteiger charge is 2.16. The third-order valence-electron chi connectivity index (χ3n) is 2.85. The molecule has 0 radical (unpaired) electrons. The zero-order valence-electron chi connectivity index (χ0n) is 9.08. The third-order valence-corrected chi connectivity index (χ3v) is 4.12.